The van der Waals surface area contributed by atoms with Gasteiger partial charge in [-0.3, -0.25) is 4.98 Å². The fraction of sp³-hybridized carbons (Fsp3) is 0.100. The average molecular weight is 416 g/mol. The highest BCUT2D eigenvalue weighted by molar-refractivity contribution is 5.80. The standard InChI is InChI=1S/C18H14N4O.C2HF3O2/c1-23-14-4-2-12(3-5-14)17-7-6-16(18(20)22-17)15-8-9-21-11-13(15)10-19;3-2(4,5)1(6)7/h2-9,11H,1H3,(H2,20,22);(H,6,7). The number of carboxylic acid groups (broad SMARTS) is 1. The zero-order valence-corrected chi connectivity index (χ0v) is 15.5. The Morgan fingerprint density at radius 1 is 1.13 bits per heavy atom. The zero-order valence-electron chi connectivity index (χ0n) is 15.5. The molecule has 7 nitrogen and oxygen atoms in total. The molecule has 0 aliphatic carbocycles. The molecule has 1 aromatic carbocycles. The number of hydrogen-bond donors (Lipinski definition) is 2. The summed E-state index contributed by atoms with van der Waals surface area (Å²) in [5.74, 6) is -1.60. The lowest BCUT2D eigenvalue weighted by Gasteiger charge is -2.09. The monoisotopic (exact) mass is 416 g/mol. The third kappa shape index (κ3) is 5.45. The zero-order chi connectivity index (χ0) is 22.3. The predicted octanol–water partition coefficient (Wildman–Crippen LogP) is 3.91. The van der Waals surface area contributed by atoms with Crippen molar-refractivity contribution in [3.63, 3.8) is 0 Å². The summed E-state index contributed by atoms with van der Waals surface area (Å²) in [5.41, 5.74) is 9.74. The Bertz CT molecular complexity index is 1080. The van der Waals surface area contributed by atoms with Crippen LogP contribution in [0.5, 0.6) is 5.75 Å². The number of carboxylic acids is 1. The summed E-state index contributed by atoms with van der Waals surface area (Å²) in [6.07, 6.45) is -1.93. The van der Waals surface area contributed by atoms with Crippen LogP contribution in [0.3, 0.4) is 0 Å². The second-order valence-corrected chi connectivity index (χ2v) is 5.69. The van der Waals surface area contributed by atoms with Gasteiger partial charge in [-0.15, -0.1) is 0 Å². The maximum atomic E-state index is 10.6. The number of methoxy groups -OCH3 is 1. The number of benzene rings is 1. The fourth-order valence-corrected chi connectivity index (χ4v) is 2.34. The van der Waals surface area contributed by atoms with E-state index in [0.29, 0.717) is 11.4 Å². The number of pyridine rings is 2. The van der Waals surface area contributed by atoms with E-state index in [1.165, 1.54) is 6.20 Å². The molecule has 2 aromatic heterocycles. The van der Waals surface area contributed by atoms with E-state index in [0.717, 1.165) is 28.1 Å². The Labute approximate surface area is 169 Å². The molecule has 30 heavy (non-hydrogen) atoms. The van der Waals surface area contributed by atoms with E-state index in [9.17, 15) is 18.4 Å². The number of aliphatic carboxylic acids is 1. The van der Waals surface area contributed by atoms with Crippen molar-refractivity contribution in [1.29, 1.82) is 5.26 Å². The molecule has 0 radical (unpaired) electrons. The van der Waals surface area contributed by atoms with Gasteiger partial charge in [0.25, 0.3) is 0 Å². The number of rotatable bonds is 3. The fourth-order valence-electron chi connectivity index (χ4n) is 2.34. The normalized spacial score (nSPS) is 10.4. The van der Waals surface area contributed by atoms with Crippen LogP contribution in [0, 0.1) is 11.3 Å². The average Bonchev–Trinajstić information content (AvgIpc) is 2.73. The first-order valence-corrected chi connectivity index (χ1v) is 8.23. The van der Waals surface area contributed by atoms with Gasteiger partial charge in [-0.1, -0.05) is 0 Å². The predicted molar refractivity (Wildman–Crippen MR) is 102 cm³/mol. The van der Waals surface area contributed by atoms with Crippen molar-refractivity contribution in [3.8, 4) is 34.2 Å². The molecule has 154 valence electrons. The van der Waals surface area contributed by atoms with Crippen LogP contribution in [-0.4, -0.2) is 34.3 Å². The summed E-state index contributed by atoms with van der Waals surface area (Å²) in [6.45, 7) is 0. The summed E-state index contributed by atoms with van der Waals surface area (Å²) >= 11 is 0. The van der Waals surface area contributed by atoms with E-state index < -0.39 is 12.1 Å². The number of halogens is 3. The van der Waals surface area contributed by atoms with E-state index >= 15 is 0 Å². The first-order valence-electron chi connectivity index (χ1n) is 8.23. The molecule has 3 N–H and O–H groups in total. The van der Waals surface area contributed by atoms with Crippen molar-refractivity contribution < 1.29 is 27.8 Å². The Morgan fingerprint density at radius 3 is 2.27 bits per heavy atom. The summed E-state index contributed by atoms with van der Waals surface area (Å²) in [6, 6.07) is 15.2. The largest absolute Gasteiger partial charge is 0.497 e. The lowest BCUT2D eigenvalue weighted by molar-refractivity contribution is -0.192. The Balaban J connectivity index is 0.000000396. The molecule has 0 aliphatic heterocycles. The second kappa shape index (κ2) is 9.38. The lowest BCUT2D eigenvalue weighted by atomic mass is 10.0. The van der Waals surface area contributed by atoms with Crippen LogP contribution >= 0.6 is 0 Å². The van der Waals surface area contributed by atoms with Gasteiger partial charge in [0.15, 0.2) is 0 Å². The molecule has 0 saturated heterocycles. The number of hydrogen-bond acceptors (Lipinski definition) is 6. The summed E-state index contributed by atoms with van der Waals surface area (Å²) in [7, 11) is 1.63. The minimum absolute atomic E-state index is 0.376. The van der Waals surface area contributed by atoms with Gasteiger partial charge in [0, 0.05) is 29.1 Å². The van der Waals surface area contributed by atoms with Crippen molar-refractivity contribution in [2.45, 2.75) is 6.18 Å². The van der Waals surface area contributed by atoms with Crippen LogP contribution < -0.4 is 10.5 Å². The number of nitrogens with zero attached hydrogens (tertiary/aromatic N) is 3. The molecule has 0 amide bonds. The highest BCUT2D eigenvalue weighted by atomic mass is 19.4. The molecule has 0 saturated carbocycles. The highest BCUT2D eigenvalue weighted by Crippen LogP contribution is 2.30. The Kier molecular flexibility index (Phi) is 6.93. The molecule has 3 aromatic rings. The molecular formula is C20H15F3N4O3. The highest BCUT2D eigenvalue weighted by Gasteiger charge is 2.38. The lowest BCUT2D eigenvalue weighted by Crippen LogP contribution is -2.21. The molecule has 0 spiro atoms. The molecule has 0 bridgehead atoms. The van der Waals surface area contributed by atoms with Gasteiger partial charge in [0.05, 0.1) is 18.4 Å². The van der Waals surface area contributed by atoms with Crippen molar-refractivity contribution in [2.75, 3.05) is 12.8 Å². The molecule has 0 unspecified atom stereocenters. The minimum Gasteiger partial charge on any atom is -0.497 e. The second-order valence-electron chi connectivity index (χ2n) is 5.69. The van der Waals surface area contributed by atoms with Crippen LogP contribution in [-0.2, 0) is 4.79 Å². The number of nitrogen functional groups attached to an aromatic ring is 1. The number of aromatic nitrogens is 2. The van der Waals surface area contributed by atoms with Crippen molar-refractivity contribution in [3.05, 3.63) is 60.4 Å². The van der Waals surface area contributed by atoms with Gasteiger partial charge in [-0.2, -0.15) is 18.4 Å². The molecule has 10 heteroatoms. The summed E-state index contributed by atoms with van der Waals surface area (Å²) in [5, 5.41) is 16.3. The van der Waals surface area contributed by atoms with Gasteiger partial charge in [-0.05, 0) is 42.5 Å². The van der Waals surface area contributed by atoms with Gasteiger partial charge in [0.2, 0.25) is 0 Å². The minimum atomic E-state index is -5.08. The third-order valence-corrected chi connectivity index (χ3v) is 3.78. The smallest absolute Gasteiger partial charge is 0.490 e. The molecular weight excluding hydrogens is 401 g/mol. The number of nitriles is 1. The van der Waals surface area contributed by atoms with Gasteiger partial charge in [-0.25, -0.2) is 9.78 Å². The van der Waals surface area contributed by atoms with Gasteiger partial charge < -0.3 is 15.6 Å². The molecule has 0 aliphatic rings. The van der Waals surface area contributed by atoms with E-state index in [1.807, 2.05) is 36.4 Å². The number of anilines is 1. The van der Waals surface area contributed by atoms with Crippen molar-refractivity contribution in [2.24, 2.45) is 0 Å². The van der Waals surface area contributed by atoms with E-state index in [2.05, 4.69) is 16.0 Å². The molecule has 3 rings (SSSR count). The molecule has 0 fully saturated rings. The van der Waals surface area contributed by atoms with Crippen LogP contribution in [0.2, 0.25) is 0 Å². The van der Waals surface area contributed by atoms with Crippen molar-refractivity contribution >= 4 is 11.8 Å². The van der Waals surface area contributed by atoms with Crippen LogP contribution in [0.4, 0.5) is 19.0 Å². The number of alkyl halides is 3. The van der Waals surface area contributed by atoms with Crippen molar-refractivity contribution in [1.82, 2.24) is 9.97 Å². The topological polar surface area (TPSA) is 122 Å². The van der Waals surface area contributed by atoms with Gasteiger partial charge >= 0.3 is 12.1 Å². The number of ether oxygens (including phenoxy) is 1. The van der Waals surface area contributed by atoms with E-state index in [1.54, 1.807) is 19.4 Å². The maximum Gasteiger partial charge on any atom is 0.490 e. The van der Waals surface area contributed by atoms with E-state index in [-0.39, 0.29) is 0 Å². The first-order chi connectivity index (χ1) is 14.2. The summed E-state index contributed by atoms with van der Waals surface area (Å²) < 4.78 is 36.9. The quantitative estimate of drug-likeness (QED) is 0.664. The van der Waals surface area contributed by atoms with E-state index in [4.69, 9.17) is 20.4 Å². The van der Waals surface area contributed by atoms with Crippen LogP contribution in [0.15, 0.2) is 54.9 Å². The van der Waals surface area contributed by atoms with Gasteiger partial charge in [0.1, 0.15) is 17.6 Å². The SMILES string of the molecule is COc1ccc(-c2ccc(-c3ccncc3C#N)c(N)n2)cc1.O=C(O)C(F)(F)F. The molecule has 2 heterocycles. The Hall–Kier alpha value is -4.13. The van der Waals surface area contributed by atoms with Crippen LogP contribution in [0.1, 0.15) is 5.56 Å². The van der Waals surface area contributed by atoms with Crippen LogP contribution in [0.25, 0.3) is 22.4 Å². The molecule has 0 atom stereocenters. The number of carbonyl (C=O) groups is 1. The Morgan fingerprint density at radius 2 is 1.77 bits per heavy atom. The maximum absolute atomic E-state index is 10.6. The first kappa shape index (κ1) is 22.2. The summed E-state index contributed by atoms with van der Waals surface area (Å²) in [4.78, 5) is 17.3. The third-order valence-electron chi connectivity index (χ3n) is 3.78. The number of nitrogens with two attached hydrogens (primary N) is 1.